The SMILES string of the molecule is Cc1cccc(-c2nc(CC(=O)N3CCC[C@H]3C(N)=O)cs2)c1. The first-order valence-corrected chi connectivity index (χ1v) is 8.53. The molecular weight excluding hydrogens is 310 g/mol. The molecule has 5 nitrogen and oxygen atoms in total. The highest BCUT2D eigenvalue weighted by molar-refractivity contribution is 7.13. The van der Waals surface area contributed by atoms with Gasteiger partial charge in [-0.25, -0.2) is 4.98 Å². The van der Waals surface area contributed by atoms with E-state index in [4.69, 9.17) is 5.73 Å². The Morgan fingerprint density at radius 3 is 3.00 bits per heavy atom. The minimum atomic E-state index is -0.461. The molecule has 1 atom stereocenters. The Morgan fingerprint density at radius 2 is 2.26 bits per heavy atom. The molecule has 1 aliphatic heterocycles. The third-order valence-corrected chi connectivity index (χ3v) is 4.99. The number of nitrogens with two attached hydrogens (primary N) is 1. The molecule has 3 rings (SSSR count). The minimum absolute atomic E-state index is 0.0765. The molecule has 2 aromatic rings. The zero-order valence-corrected chi connectivity index (χ0v) is 13.8. The fourth-order valence-corrected chi connectivity index (χ4v) is 3.73. The van der Waals surface area contributed by atoms with E-state index in [1.807, 2.05) is 30.5 Å². The number of likely N-dealkylation sites (tertiary alicyclic amines) is 1. The Balaban J connectivity index is 1.72. The number of carbonyl (C=O) groups is 2. The molecule has 2 amide bonds. The lowest BCUT2D eigenvalue weighted by atomic mass is 10.1. The number of benzene rings is 1. The lowest BCUT2D eigenvalue weighted by Gasteiger charge is -2.21. The fraction of sp³-hybridized carbons (Fsp3) is 0.353. The van der Waals surface area contributed by atoms with Crippen molar-refractivity contribution in [3.8, 4) is 10.6 Å². The van der Waals surface area contributed by atoms with Crippen LogP contribution in [-0.4, -0.2) is 34.3 Å². The Labute approximate surface area is 139 Å². The summed E-state index contributed by atoms with van der Waals surface area (Å²) < 4.78 is 0. The number of aromatic nitrogens is 1. The third-order valence-electron chi connectivity index (χ3n) is 4.05. The third kappa shape index (κ3) is 3.42. The highest BCUT2D eigenvalue weighted by Gasteiger charge is 2.32. The number of nitrogens with zero attached hydrogens (tertiary/aromatic N) is 2. The van der Waals surface area contributed by atoms with E-state index < -0.39 is 11.9 Å². The van der Waals surface area contributed by atoms with E-state index in [0.29, 0.717) is 13.0 Å². The number of thiazole rings is 1. The predicted molar refractivity (Wildman–Crippen MR) is 89.9 cm³/mol. The highest BCUT2D eigenvalue weighted by atomic mass is 32.1. The standard InChI is InChI=1S/C17H19N3O2S/c1-11-4-2-5-12(8-11)17-19-13(10-23-17)9-15(21)20-7-3-6-14(20)16(18)22/h2,4-5,8,10,14H,3,6-7,9H2,1H3,(H2,18,22)/t14-/m0/s1. The molecule has 23 heavy (non-hydrogen) atoms. The van der Waals surface area contributed by atoms with Crippen LogP contribution in [-0.2, 0) is 16.0 Å². The van der Waals surface area contributed by atoms with E-state index in [-0.39, 0.29) is 12.3 Å². The van der Waals surface area contributed by atoms with Gasteiger partial charge in [-0.2, -0.15) is 0 Å². The van der Waals surface area contributed by atoms with Crippen molar-refractivity contribution in [3.63, 3.8) is 0 Å². The van der Waals surface area contributed by atoms with Crippen LogP contribution in [0.15, 0.2) is 29.6 Å². The number of aryl methyl sites for hydroxylation is 1. The van der Waals surface area contributed by atoms with Crippen molar-refractivity contribution >= 4 is 23.2 Å². The smallest absolute Gasteiger partial charge is 0.240 e. The van der Waals surface area contributed by atoms with Crippen LogP contribution >= 0.6 is 11.3 Å². The zero-order valence-electron chi connectivity index (χ0n) is 13.0. The van der Waals surface area contributed by atoms with Crippen molar-refractivity contribution in [2.24, 2.45) is 5.73 Å². The maximum Gasteiger partial charge on any atom is 0.240 e. The molecule has 0 bridgehead atoms. The van der Waals surface area contributed by atoms with Gasteiger partial charge >= 0.3 is 0 Å². The van der Waals surface area contributed by atoms with Crippen molar-refractivity contribution in [3.05, 3.63) is 40.9 Å². The largest absolute Gasteiger partial charge is 0.368 e. The van der Waals surface area contributed by atoms with E-state index in [1.165, 1.54) is 16.9 Å². The van der Waals surface area contributed by atoms with Crippen molar-refractivity contribution in [2.75, 3.05) is 6.54 Å². The summed E-state index contributed by atoms with van der Waals surface area (Å²) in [5.41, 5.74) is 8.35. The molecule has 1 aromatic carbocycles. The number of amides is 2. The molecule has 0 saturated carbocycles. The number of carbonyl (C=O) groups excluding carboxylic acids is 2. The monoisotopic (exact) mass is 329 g/mol. The lowest BCUT2D eigenvalue weighted by Crippen LogP contribution is -2.44. The van der Waals surface area contributed by atoms with Crippen LogP contribution in [0.3, 0.4) is 0 Å². The van der Waals surface area contributed by atoms with Crippen molar-refractivity contribution in [1.29, 1.82) is 0 Å². The average molecular weight is 329 g/mol. The number of hydrogen-bond donors (Lipinski definition) is 1. The molecule has 2 heterocycles. The molecule has 0 radical (unpaired) electrons. The van der Waals surface area contributed by atoms with E-state index in [0.717, 1.165) is 22.7 Å². The summed E-state index contributed by atoms with van der Waals surface area (Å²) in [4.78, 5) is 30.0. The molecule has 120 valence electrons. The molecule has 1 saturated heterocycles. The summed E-state index contributed by atoms with van der Waals surface area (Å²) in [6.07, 6.45) is 1.70. The van der Waals surface area contributed by atoms with Gasteiger partial charge in [-0.05, 0) is 25.8 Å². The Hall–Kier alpha value is -2.21. The van der Waals surface area contributed by atoms with Crippen LogP contribution in [0.25, 0.3) is 10.6 Å². The van der Waals surface area contributed by atoms with Gasteiger partial charge in [0, 0.05) is 17.5 Å². The average Bonchev–Trinajstić information content (AvgIpc) is 3.16. The number of hydrogen-bond acceptors (Lipinski definition) is 4. The van der Waals surface area contributed by atoms with Gasteiger partial charge in [0.05, 0.1) is 12.1 Å². The first-order chi connectivity index (χ1) is 11.0. The molecule has 0 spiro atoms. The van der Waals surface area contributed by atoms with Crippen molar-refractivity contribution < 1.29 is 9.59 Å². The maximum atomic E-state index is 12.4. The molecule has 6 heteroatoms. The van der Waals surface area contributed by atoms with E-state index >= 15 is 0 Å². The Bertz CT molecular complexity index is 741. The number of rotatable bonds is 4. The summed E-state index contributed by atoms with van der Waals surface area (Å²) >= 11 is 1.53. The summed E-state index contributed by atoms with van der Waals surface area (Å²) in [5, 5.41) is 2.81. The van der Waals surface area contributed by atoms with E-state index in [9.17, 15) is 9.59 Å². The summed E-state index contributed by atoms with van der Waals surface area (Å²) in [6, 6.07) is 7.67. The molecule has 1 fully saturated rings. The topological polar surface area (TPSA) is 76.3 Å². The predicted octanol–water partition coefficient (Wildman–Crippen LogP) is 2.14. The molecular formula is C17H19N3O2S. The van der Waals surface area contributed by atoms with Gasteiger partial charge in [-0.1, -0.05) is 23.8 Å². The fourth-order valence-electron chi connectivity index (χ4n) is 2.92. The van der Waals surface area contributed by atoms with Crippen LogP contribution < -0.4 is 5.73 Å². The summed E-state index contributed by atoms with van der Waals surface area (Å²) in [6.45, 7) is 2.64. The minimum Gasteiger partial charge on any atom is -0.368 e. The van der Waals surface area contributed by atoms with Gasteiger partial charge in [0.2, 0.25) is 11.8 Å². The molecule has 0 unspecified atom stereocenters. The lowest BCUT2D eigenvalue weighted by molar-refractivity contribution is -0.136. The van der Waals surface area contributed by atoms with Crippen LogP contribution in [0.2, 0.25) is 0 Å². The summed E-state index contributed by atoms with van der Waals surface area (Å²) in [7, 11) is 0. The zero-order chi connectivity index (χ0) is 16.4. The van der Waals surface area contributed by atoms with Crippen molar-refractivity contribution in [2.45, 2.75) is 32.2 Å². The van der Waals surface area contributed by atoms with Gasteiger partial charge < -0.3 is 10.6 Å². The van der Waals surface area contributed by atoms with Gasteiger partial charge in [0.25, 0.3) is 0 Å². The van der Waals surface area contributed by atoms with Gasteiger partial charge in [0.15, 0.2) is 0 Å². The second-order valence-electron chi connectivity index (χ2n) is 5.84. The maximum absolute atomic E-state index is 12.4. The quantitative estimate of drug-likeness (QED) is 0.933. The second kappa shape index (κ2) is 6.50. The Morgan fingerprint density at radius 1 is 1.43 bits per heavy atom. The van der Waals surface area contributed by atoms with Gasteiger partial charge in [-0.15, -0.1) is 11.3 Å². The van der Waals surface area contributed by atoms with Crippen LogP contribution in [0.5, 0.6) is 0 Å². The first-order valence-electron chi connectivity index (χ1n) is 7.65. The first kappa shape index (κ1) is 15.7. The summed E-state index contributed by atoms with van der Waals surface area (Å²) in [5.74, 6) is -0.498. The number of primary amides is 1. The van der Waals surface area contributed by atoms with Gasteiger partial charge in [-0.3, -0.25) is 9.59 Å². The van der Waals surface area contributed by atoms with Crippen LogP contribution in [0.4, 0.5) is 0 Å². The van der Waals surface area contributed by atoms with E-state index in [2.05, 4.69) is 11.1 Å². The molecule has 1 aliphatic rings. The van der Waals surface area contributed by atoms with E-state index in [1.54, 1.807) is 4.90 Å². The van der Waals surface area contributed by atoms with Crippen molar-refractivity contribution in [1.82, 2.24) is 9.88 Å². The highest BCUT2D eigenvalue weighted by Crippen LogP contribution is 2.25. The normalized spacial score (nSPS) is 17.4. The van der Waals surface area contributed by atoms with Crippen LogP contribution in [0, 0.1) is 6.92 Å². The Kier molecular flexibility index (Phi) is 4.43. The molecule has 2 N–H and O–H groups in total. The van der Waals surface area contributed by atoms with Gasteiger partial charge in [0.1, 0.15) is 11.0 Å². The molecule has 0 aliphatic carbocycles. The van der Waals surface area contributed by atoms with Crippen LogP contribution in [0.1, 0.15) is 24.1 Å². The second-order valence-corrected chi connectivity index (χ2v) is 6.70. The molecule has 1 aromatic heterocycles.